The SMILES string of the molecule is N#Cc1ccc(N2CCN(C(=O)COC3CCN(c4ccc(N=O)c(C(F)(F)F)c4)CC3)CC2)cc1. The summed E-state index contributed by atoms with van der Waals surface area (Å²) in [7, 11) is 0. The largest absolute Gasteiger partial charge is 0.418 e. The Hall–Kier alpha value is -3.65. The number of hydrogen-bond donors (Lipinski definition) is 0. The maximum Gasteiger partial charge on any atom is 0.418 e. The third-order valence-electron chi connectivity index (χ3n) is 6.63. The quantitative estimate of drug-likeness (QED) is 0.548. The zero-order chi connectivity index (χ0) is 25.7. The van der Waals surface area contributed by atoms with E-state index in [1.54, 1.807) is 17.0 Å². The van der Waals surface area contributed by atoms with Gasteiger partial charge in [0.1, 0.15) is 12.3 Å². The molecule has 2 aromatic rings. The zero-order valence-electron chi connectivity index (χ0n) is 19.6. The molecule has 0 aliphatic carbocycles. The van der Waals surface area contributed by atoms with Crippen LogP contribution in [0, 0.1) is 16.2 Å². The van der Waals surface area contributed by atoms with Crippen molar-refractivity contribution in [2.45, 2.75) is 25.1 Å². The number of nitriles is 1. The van der Waals surface area contributed by atoms with Crippen LogP contribution in [-0.2, 0) is 15.7 Å². The average molecular weight is 502 g/mol. The molecule has 2 heterocycles. The Morgan fingerprint density at radius 2 is 1.58 bits per heavy atom. The van der Waals surface area contributed by atoms with Gasteiger partial charge in [-0.2, -0.15) is 18.4 Å². The number of ether oxygens (including phenoxy) is 1. The predicted molar refractivity (Wildman–Crippen MR) is 128 cm³/mol. The smallest absolute Gasteiger partial charge is 0.371 e. The van der Waals surface area contributed by atoms with Gasteiger partial charge in [0.2, 0.25) is 5.91 Å². The minimum absolute atomic E-state index is 0.0283. The molecule has 36 heavy (non-hydrogen) atoms. The molecule has 0 saturated carbocycles. The molecular formula is C25H26F3N5O3. The van der Waals surface area contributed by atoms with Crippen LogP contribution in [-0.4, -0.2) is 62.8 Å². The Kier molecular flexibility index (Phi) is 7.74. The number of piperidine rings is 1. The minimum atomic E-state index is -4.66. The van der Waals surface area contributed by atoms with E-state index in [0.29, 0.717) is 63.4 Å². The van der Waals surface area contributed by atoms with E-state index in [2.05, 4.69) is 16.1 Å². The Morgan fingerprint density at radius 3 is 2.17 bits per heavy atom. The lowest BCUT2D eigenvalue weighted by atomic mass is 10.1. The van der Waals surface area contributed by atoms with Crippen LogP contribution in [0.15, 0.2) is 47.6 Å². The molecule has 11 heteroatoms. The highest BCUT2D eigenvalue weighted by Crippen LogP contribution is 2.39. The molecule has 1 amide bonds. The fourth-order valence-corrected chi connectivity index (χ4v) is 4.55. The van der Waals surface area contributed by atoms with Crippen molar-refractivity contribution in [1.29, 1.82) is 5.26 Å². The lowest BCUT2D eigenvalue weighted by molar-refractivity contribution is -0.139. The van der Waals surface area contributed by atoms with Gasteiger partial charge in [-0.3, -0.25) is 4.79 Å². The highest BCUT2D eigenvalue weighted by molar-refractivity contribution is 5.77. The van der Waals surface area contributed by atoms with Gasteiger partial charge in [-0.15, -0.1) is 4.91 Å². The van der Waals surface area contributed by atoms with Gasteiger partial charge in [0.25, 0.3) is 0 Å². The first kappa shape index (κ1) is 25.4. The molecule has 2 saturated heterocycles. The second kappa shape index (κ2) is 11.0. The van der Waals surface area contributed by atoms with Crippen LogP contribution in [0.1, 0.15) is 24.0 Å². The summed E-state index contributed by atoms with van der Waals surface area (Å²) in [5, 5.41) is 11.4. The van der Waals surface area contributed by atoms with Crippen LogP contribution in [0.3, 0.4) is 0 Å². The number of carbonyl (C=O) groups is 1. The number of anilines is 2. The summed E-state index contributed by atoms with van der Waals surface area (Å²) in [5.74, 6) is -0.0799. The van der Waals surface area contributed by atoms with Crippen LogP contribution in [0.5, 0.6) is 0 Å². The molecule has 2 fully saturated rings. The van der Waals surface area contributed by atoms with Crippen LogP contribution >= 0.6 is 0 Å². The van der Waals surface area contributed by atoms with Gasteiger partial charge < -0.3 is 19.4 Å². The van der Waals surface area contributed by atoms with Crippen molar-refractivity contribution in [3.8, 4) is 6.07 Å². The van der Waals surface area contributed by atoms with Crippen molar-refractivity contribution in [2.24, 2.45) is 5.18 Å². The summed E-state index contributed by atoms with van der Waals surface area (Å²) in [6.45, 7) is 3.46. The van der Waals surface area contributed by atoms with E-state index in [9.17, 15) is 22.9 Å². The molecule has 0 N–H and O–H groups in total. The lowest BCUT2D eigenvalue weighted by Crippen LogP contribution is -2.50. The molecule has 2 aromatic carbocycles. The number of piperazine rings is 1. The number of hydrogen-bond acceptors (Lipinski definition) is 7. The van der Waals surface area contributed by atoms with Crippen LogP contribution in [0.25, 0.3) is 0 Å². The van der Waals surface area contributed by atoms with Gasteiger partial charge in [0, 0.05) is 50.6 Å². The van der Waals surface area contributed by atoms with Crippen LogP contribution in [0.2, 0.25) is 0 Å². The minimum Gasteiger partial charge on any atom is -0.371 e. The molecule has 0 radical (unpaired) electrons. The van der Waals surface area contributed by atoms with Gasteiger partial charge in [0.05, 0.1) is 23.3 Å². The van der Waals surface area contributed by atoms with Crippen molar-refractivity contribution < 1.29 is 22.7 Å². The summed E-state index contributed by atoms with van der Waals surface area (Å²) in [4.78, 5) is 29.1. The van der Waals surface area contributed by atoms with E-state index < -0.39 is 17.4 Å². The van der Waals surface area contributed by atoms with E-state index >= 15 is 0 Å². The number of halogens is 3. The van der Waals surface area contributed by atoms with Gasteiger partial charge >= 0.3 is 6.18 Å². The number of amides is 1. The Labute approximate surface area is 206 Å². The maximum absolute atomic E-state index is 13.2. The maximum atomic E-state index is 13.2. The van der Waals surface area contributed by atoms with E-state index in [1.165, 1.54) is 6.07 Å². The number of rotatable bonds is 6. The normalized spacial score (nSPS) is 17.1. The molecule has 0 aromatic heterocycles. The Morgan fingerprint density at radius 1 is 0.972 bits per heavy atom. The van der Waals surface area contributed by atoms with Crippen molar-refractivity contribution in [2.75, 3.05) is 55.7 Å². The molecule has 190 valence electrons. The van der Waals surface area contributed by atoms with E-state index in [-0.39, 0.29) is 18.6 Å². The first-order valence-corrected chi connectivity index (χ1v) is 11.7. The highest BCUT2D eigenvalue weighted by atomic mass is 19.4. The summed E-state index contributed by atoms with van der Waals surface area (Å²) in [6.07, 6.45) is -3.65. The summed E-state index contributed by atoms with van der Waals surface area (Å²) in [6, 6.07) is 13.0. The standard InChI is InChI=1S/C25H26F3N5O3/c26-25(27,28)22-15-20(5-6-23(22)30-35)31-9-7-21(8-10-31)36-17-24(34)33-13-11-32(12-14-33)19-3-1-18(16-29)2-4-19/h1-6,15,21H,7-14,17H2. The van der Waals surface area contributed by atoms with Crippen molar-refractivity contribution >= 4 is 23.0 Å². The van der Waals surface area contributed by atoms with Crippen molar-refractivity contribution in [1.82, 2.24) is 4.90 Å². The molecule has 0 atom stereocenters. The number of carbonyl (C=O) groups excluding carboxylic acids is 1. The fourth-order valence-electron chi connectivity index (χ4n) is 4.55. The first-order chi connectivity index (χ1) is 17.3. The highest BCUT2D eigenvalue weighted by Gasteiger charge is 2.35. The molecule has 2 aliphatic heterocycles. The number of nitroso groups, excluding NO2 is 1. The molecule has 0 bridgehead atoms. The third-order valence-corrected chi connectivity index (χ3v) is 6.63. The summed E-state index contributed by atoms with van der Waals surface area (Å²) >= 11 is 0. The van der Waals surface area contributed by atoms with Crippen molar-refractivity contribution in [3.63, 3.8) is 0 Å². The lowest BCUT2D eigenvalue weighted by Gasteiger charge is -2.37. The Bertz CT molecular complexity index is 1120. The number of alkyl halides is 3. The molecular weight excluding hydrogens is 475 g/mol. The molecule has 0 unspecified atom stereocenters. The van der Waals surface area contributed by atoms with Crippen LogP contribution < -0.4 is 9.80 Å². The summed E-state index contributed by atoms with van der Waals surface area (Å²) < 4.78 is 45.5. The molecule has 0 spiro atoms. The van der Waals surface area contributed by atoms with Crippen LogP contribution in [0.4, 0.5) is 30.2 Å². The molecule has 8 nitrogen and oxygen atoms in total. The predicted octanol–water partition coefficient (Wildman–Crippen LogP) is 4.31. The third kappa shape index (κ3) is 5.94. The van der Waals surface area contributed by atoms with E-state index in [4.69, 9.17) is 10.00 Å². The van der Waals surface area contributed by atoms with Gasteiger partial charge in [-0.25, -0.2) is 0 Å². The second-order valence-electron chi connectivity index (χ2n) is 8.81. The van der Waals surface area contributed by atoms with E-state index in [1.807, 2.05) is 17.0 Å². The fraction of sp³-hybridized carbons (Fsp3) is 0.440. The zero-order valence-corrected chi connectivity index (χ0v) is 19.6. The van der Waals surface area contributed by atoms with E-state index in [0.717, 1.165) is 17.8 Å². The number of nitrogens with zero attached hydrogens (tertiary/aromatic N) is 5. The van der Waals surface area contributed by atoms with Gasteiger partial charge in [-0.05, 0) is 60.5 Å². The molecule has 2 aliphatic rings. The Balaban J connectivity index is 1.22. The first-order valence-electron chi connectivity index (χ1n) is 11.7. The average Bonchev–Trinajstić information content (AvgIpc) is 2.91. The monoisotopic (exact) mass is 501 g/mol. The van der Waals surface area contributed by atoms with Gasteiger partial charge in [-0.1, -0.05) is 0 Å². The van der Waals surface area contributed by atoms with Gasteiger partial charge in [0.15, 0.2) is 0 Å². The summed E-state index contributed by atoms with van der Waals surface area (Å²) in [5.41, 5.74) is 0.335. The molecule has 4 rings (SSSR count). The van der Waals surface area contributed by atoms with Crippen molar-refractivity contribution in [3.05, 3.63) is 58.5 Å². The number of benzene rings is 2. The topological polar surface area (TPSA) is 89.2 Å². The second-order valence-corrected chi connectivity index (χ2v) is 8.81.